The molecular weight excluding hydrogens is 274 g/mol. The molecule has 0 unspecified atom stereocenters. The quantitative estimate of drug-likeness (QED) is 0.754. The molecule has 0 bridgehead atoms. The topological polar surface area (TPSA) is 26.3 Å². The van der Waals surface area contributed by atoms with Crippen LogP contribution in [0, 0.1) is 11.6 Å². The van der Waals surface area contributed by atoms with Crippen molar-refractivity contribution in [1.82, 2.24) is 0 Å². The molecule has 0 saturated carbocycles. The molecule has 0 heterocycles. The Morgan fingerprint density at radius 1 is 1.05 bits per heavy atom. The van der Waals surface area contributed by atoms with Gasteiger partial charge in [0.1, 0.15) is 12.0 Å². The molecule has 0 aliphatic rings. The number of ether oxygens (including phenoxy) is 1. The van der Waals surface area contributed by atoms with Crippen molar-refractivity contribution in [3.05, 3.63) is 59.2 Å². The van der Waals surface area contributed by atoms with Crippen molar-refractivity contribution in [2.75, 3.05) is 0 Å². The van der Waals surface area contributed by atoms with Crippen LogP contribution in [0.1, 0.15) is 36.7 Å². The largest absolute Gasteiger partial charge is 0.451 e. The minimum atomic E-state index is -0.902. The molecule has 110 valence electrons. The van der Waals surface area contributed by atoms with E-state index in [9.17, 15) is 13.6 Å². The molecule has 0 amide bonds. The second-order valence-electron chi connectivity index (χ2n) is 5.78. The molecule has 0 atom stereocenters. The second-order valence-corrected chi connectivity index (χ2v) is 5.78. The average molecular weight is 290 g/mol. The SMILES string of the molecule is CC(C)(C)c1ccccc1Oc1c(F)cc(C=O)cc1F. The van der Waals surface area contributed by atoms with Gasteiger partial charge in [0.25, 0.3) is 0 Å². The fourth-order valence-electron chi connectivity index (χ4n) is 2.03. The maximum atomic E-state index is 13.9. The van der Waals surface area contributed by atoms with Gasteiger partial charge in [0.05, 0.1) is 0 Å². The van der Waals surface area contributed by atoms with E-state index in [1.165, 1.54) is 0 Å². The van der Waals surface area contributed by atoms with Crippen molar-refractivity contribution in [2.24, 2.45) is 0 Å². The van der Waals surface area contributed by atoms with Gasteiger partial charge < -0.3 is 4.74 Å². The van der Waals surface area contributed by atoms with Gasteiger partial charge in [0.2, 0.25) is 0 Å². The molecule has 0 saturated heterocycles. The van der Waals surface area contributed by atoms with Gasteiger partial charge in [0.15, 0.2) is 17.4 Å². The summed E-state index contributed by atoms with van der Waals surface area (Å²) in [6, 6.07) is 8.99. The Labute approximate surface area is 122 Å². The summed E-state index contributed by atoms with van der Waals surface area (Å²) in [5.74, 6) is -1.92. The van der Waals surface area contributed by atoms with E-state index < -0.39 is 17.4 Å². The van der Waals surface area contributed by atoms with Crippen molar-refractivity contribution in [3.8, 4) is 11.5 Å². The summed E-state index contributed by atoms with van der Waals surface area (Å²) in [5.41, 5.74) is 0.538. The van der Waals surface area contributed by atoms with Crippen LogP contribution in [0.4, 0.5) is 8.78 Å². The summed E-state index contributed by atoms with van der Waals surface area (Å²) in [5, 5.41) is 0. The molecule has 0 fully saturated rings. The summed E-state index contributed by atoms with van der Waals surface area (Å²) in [6.45, 7) is 5.95. The predicted molar refractivity (Wildman–Crippen MR) is 77.0 cm³/mol. The van der Waals surface area contributed by atoms with Crippen molar-refractivity contribution >= 4 is 6.29 Å². The third kappa shape index (κ3) is 3.27. The highest BCUT2D eigenvalue weighted by Gasteiger charge is 2.21. The third-order valence-electron chi connectivity index (χ3n) is 3.06. The van der Waals surface area contributed by atoms with Crippen LogP contribution in [-0.2, 0) is 5.41 Å². The molecule has 21 heavy (non-hydrogen) atoms. The molecular formula is C17H16F2O2. The van der Waals surface area contributed by atoms with Gasteiger partial charge in [0, 0.05) is 11.1 Å². The normalized spacial score (nSPS) is 11.3. The van der Waals surface area contributed by atoms with Crippen LogP contribution in [0.2, 0.25) is 0 Å². The Morgan fingerprint density at radius 2 is 1.62 bits per heavy atom. The highest BCUT2D eigenvalue weighted by atomic mass is 19.1. The first-order chi connectivity index (χ1) is 9.82. The van der Waals surface area contributed by atoms with Crippen molar-refractivity contribution in [2.45, 2.75) is 26.2 Å². The number of benzene rings is 2. The molecule has 0 aliphatic heterocycles. The Balaban J connectivity index is 2.47. The number of hydrogen-bond donors (Lipinski definition) is 0. The minimum absolute atomic E-state index is 0.0681. The molecule has 2 nitrogen and oxygen atoms in total. The summed E-state index contributed by atoms with van der Waals surface area (Å²) in [6.07, 6.45) is 0.388. The highest BCUT2D eigenvalue weighted by Crippen LogP contribution is 2.35. The lowest BCUT2D eigenvalue weighted by atomic mass is 9.86. The van der Waals surface area contributed by atoms with Gasteiger partial charge in [-0.15, -0.1) is 0 Å². The van der Waals surface area contributed by atoms with Crippen LogP contribution in [0.15, 0.2) is 36.4 Å². The molecule has 2 aromatic carbocycles. The van der Waals surface area contributed by atoms with Crippen LogP contribution >= 0.6 is 0 Å². The van der Waals surface area contributed by atoms with E-state index in [1.54, 1.807) is 12.1 Å². The summed E-state index contributed by atoms with van der Waals surface area (Å²) < 4.78 is 33.2. The zero-order chi connectivity index (χ0) is 15.6. The summed E-state index contributed by atoms with van der Waals surface area (Å²) in [4.78, 5) is 10.6. The first kappa shape index (κ1) is 15.2. The summed E-state index contributed by atoms with van der Waals surface area (Å²) >= 11 is 0. The number of rotatable bonds is 3. The van der Waals surface area contributed by atoms with Crippen LogP contribution in [-0.4, -0.2) is 6.29 Å². The fraction of sp³-hybridized carbons (Fsp3) is 0.235. The molecule has 0 aromatic heterocycles. The van der Waals surface area contributed by atoms with Crippen LogP contribution in [0.3, 0.4) is 0 Å². The number of carbonyl (C=O) groups excluding carboxylic acids is 1. The lowest BCUT2D eigenvalue weighted by molar-refractivity contribution is 0.112. The summed E-state index contributed by atoms with van der Waals surface area (Å²) in [7, 11) is 0. The minimum Gasteiger partial charge on any atom is -0.451 e. The van der Waals surface area contributed by atoms with Crippen LogP contribution in [0.25, 0.3) is 0 Å². The molecule has 0 aliphatic carbocycles. The van der Waals surface area contributed by atoms with E-state index in [1.807, 2.05) is 32.9 Å². The van der Waals surface area contributed by atoms with Gasteiger partial charge in [-0.1, -0.05) is 39.0 Å². The maximum absolute atomic E-state index is 13.9. The molecule has 0 N–H and O–H groups in total. The predicted octanol–water partition coefficient (Wildman–Crippen LogP) is 4.87. The second kappa shape index (κ2) is 5.64. The van der Waals surface area contributed by atoms with E-state index in [0.717, 1.165) is 17.7 Å². The first-order valence-electron chi connectivity index (χ1n) is 6.54. The van der Waals surface area contributed by atoms with Crippen molar-refractivity contribution < 1.29 is 18.3 Å². The van der Waals surface area contributed by atoms with E-state index in [0.29, 0.717) is 12.0 Å². The lowest BCUT2D eigenvalue weighted by Crippen LogP contribution is -2.12. The molecule has 0 radical (unpaired) electrons. The number of hydrogen-bond acceptors (Lipinski definition) is 2. The van der Waals surface area contributed by atoms with Gasteiger partial charge >= 0.3 is 0 Å². The Morgan fingerprint density at radius 3 is 2.14 bits per heavy atom. The Kier molecular flexibility index (Phi) is 4.07. The number of para-hydroxylation sites is 1. The number of halogens is 2. The van der Waals surface area contributed by atoms with Gasteiger partial charge in [-0.25, -0.2) is 8.78 Å². The molecule has 4 heteroatoms. The average Bonchev–Trinajstić information content (AvgIpc) is 2.42. The standard InChI is InChI=1S/C17H16F2O2/c1-17(2,3)12-6-4-5-7-15(12)21-16-13(18)8-11(10-20)9-14(16)19/h4-10H,1-3H3. The molecule has 2 rings (SSSR count). The lowest BCUT2D eigenvalue weighted by Gasteiger charge is -2.22. The third-order valence-corrected chi connectivity index (χ3v) is 3.06. The van der Waals surface area contributed by atoms with Crippen molar-refractivity contribution in [1.29, 1.82) is 0 Å². The smallest absolute Gasteiger partial charge is 0.198 e. The first-order valence-corrected chi connectivity index (χ1v) is 6.54. The fourth-order valence-corrected chi connectivity index (χ4v) is 2.03. The molecule has 2 aromatic rings. The van der Waals surface area contributed by atoms with E-state index in [2.05, 4.69) is 0 Å². The van der Waals surface area contributed by atoms with Crippen molar-refractivity contribution in [3.63, 3.8) is 0 Å². The maximum Gasteiger partial charge on any atom is 0.198 e. The number of aldehydes is 1. The number of carbonyl (C=O) groups is 1. The zero-order valence-electron chi connectivity index (χ0n) is 12.1. The van der Waals surface area contributed by atoms with Gasteiger partial charge in [-0.3, -0.25) is 4.79 Å². The van der Waals surface area contributed by atoms with Crippen LogP contribution in [0.5, 0.6) is 11.5 Å². The van der Waals surface area contributed by atoms with Gasteiger partial charge in [-0.2, -0.15) is 0 Å². The van der Waals surface area contributed by atoms with Gasteiger partial charge in [-0.05, 0) is 23.6 Å². The van der Waals surface area contributed by atoms with Crippen LogP contribution < -0.4 is 4.74 Å². The van der Waals surface area contributed by atoms with E-state index in [-0.39, 0.29) is 11.0 Å². The Bertz CT molecular complexity index is 650. The Hall–Kier alpha value is -2.23. The highest BCUT2D eigenvalue weighted by molar-refractivity contribution is 5.75. The monoisotopic (exact) mass is 290 g/mol. The van der Waals surface area contributed by atoms with E-state index >= 15 is 0 Å². The van der Waals surface area contributed by atoms with E-state index in [4.69, 9.17) is 4.74 Å². The molecule has 0 spiro atoms. The zero-order valence-corrected chi connectivity index (χ0v) is 12.1.